The first-order valence-electron chi connectivity index (χ1n) is 4.69. The minimum absolute atomic E-state index is 0.385. The molecular weight excluding hydrogens is 216 g/mol. The van der Waals surface area contributed by atoms with Gasteiger partial charge in [-0.15, -0.1) is 0 Å². The minimum Gasteiger partial charge on any atom is -0.492 e. The summed E-state index contributed by atoms with van der Waals surface area (Å²) in [6.45, 7) is -0.469. The van der Waals surface area contributed by atoms with Crippen molar-refractivity contribution in [3.8, 4) is 5.75 Å². The fourth-order valence-electron chi connectivity index (χ4n) is 1.65. The van der Waals surface area contributed by atoms with E-state index in [1.807, 2.05) is 0 Å². The highest BCUT2D eigenvalue weighted by Gasteiger charge is 2.14. The fraction of sp³-hybridized carbons (Fsp3) is 0.300. The van der Waals surface area contributed by atoms with Gasteiger partial charge in [0.05, 0.1) is 19.0 Å². The average Bonchev–Trinajstić information content (AvgIpc) is 2.61. The summed E-state index contributed by atoms with van der Waals surface area (Å²) in [5.74, 6) is 0.385. The number of aromatic nitrogens is 2. The number of halogens is 2. The first-order chi connectivity index (χ1) is 7.63. The van der Waals surface area contributed by atoms with Crippen LogP contribution in [0.1, 0.15) is 0 Å². The molecule has 0 aliphatic carbocycles. The van der Waals surface area contributed by atoms with Crippen molar-refractivity contribution in [1.82, 2.24) is 9.78 Å². The summed E-state index contributed by atoms with van der Waals surface area (Å²) in [7, 11) is 1.45. The molecule has 0 bridgehead atoms. The molecule has 0 saturated heterocycles. The van der Waals surface area contributed by atoms with Gasteiger partial charge in [-0.05, 0) is 12.1 Å². The molecule has 0 spiro atoms. The van der Waals surface area contributed by atoms with E-state index in [9.17, 15) is 8.78 Å². The standard InChI is InChI=1S/C10H11F2N3O/c1-16-10-7(13)3-2-6-4-14-15(9(6)10)5-8(11)12/h2-4,8H,5,13H2,1H3. The molecule has 2 N–H and O–H groups in total. The van der Waals surface area contributed by atoms with Crippen molar-refractivity contribution in [1.29, 1.82) is 0 Å². The van der Waals surface area contributed by atoms with Crippen LogP contribution in [0.25, 0.3) is 10.9 Å². The van der Waals surface area contributed by atoms with Crippen molar-refractivity contribution in [2.24, 2.45) is 0 Å². The van der Waals surface area contributed by atoms with Gasteiger partial charge in [-0.1, -0.05) is 0 Å². The quantitative estimate of drug-likeness (QED) is 0.814. The molecule has 1 aromatic carbocycles. The van der Waals surface area contributed by atoms with Crippen molar-refractivity contribution in [2.45, 2.75) is 13.0 Å². The molecule has 0 saturated carbocycles. The molecule has 1 heterocycles. The predicted molar refractivity (Wildman–Crippen MR) is 56.7 cm³/mol. The van der Waals surface area contributed by atoms with Gasteiger partial charge in [0.25, 0.3) is 6.43 Å². The second kappa shape index (κ2) is 3.96. The molecule has 0 fully saturated rings. The maximum Gasteiger partial charge on any atom is 0.257 e. The van der Waals surface area contributed by atoms with Crippen LogP contribution in [0.3, 0.4) is 0 Å². The Bertz CT molecular complexity index is 510. The van der Waals surface area contributed by atoms with Gasteiger partial charge in [0.15, 0.2) is 5.75 Å². The van der Waals surface area contributed by atoms with Gasteiger partial charge < -0.3 is 10.5 Å². The van der Waals surface area contributed by atoms with Crippen molar-refractivity contribution in [3.63, 3.8) is 0 Å². The number of rotatable bonds is 3. The van der Waals surface area contributed by atoms with Gasteiger partial charge in [0.1, 0.15) is 12.1 Å². The van der Waals surface area contributed by atoms with E-state index in [1.54, 1.807) is 12.1 Å². The third kappa shape index (κ3) is 1.66. The first-order valence-corrected chi connectivity index (χ1v) is 4.69. The lowest BCUT2D eigenvalue weighted by Gasteiger charge is -2.09. The van der Waals surface area contributed by atoms with Crippen LogP contribution in [-0.2, 0) is 6.54 Å². The van der Waals surface area contributed by atoms with E-state index in [1.165, 1.54) is 18.0 Å². The van der Waals surface area contributed by atoms with E-state index in [0.717, 1.165) is 5.39 Å². The number of benzene rings is 1. The minimum atomic E-state index is -2.46. The lowest BCUT2D eigenvalue weighted by Crippen LogP contribution is -2.08. The number of nitrogen functional groups attached to an aromatic ring is 1. The second-order valence-corrected chi connectivity index (χ2v) is 3.34. The Morgan fingerprint density at radius 3 is 2.88 bits per heavy atom. The highest BCUT2D eigenvalue weighted by Crippen LogP contribution is 2.31. The Hall–Kier alpha value is -1.85. The molecule has 86 valence electrons. The van der Waals surface area contributed by atoms with E-state index in [2.05, 4.69) is 5.10 Å². The summed E-state index contributed by atoms with van der Waals surface area (Å²) in [6.07, 6.45) is -0.950. The van der Waals surface area contributed by atoms with Crippen LogP contribution in [0.5, 0.6) is 5.75 Å². The average molecular weight is 227 g/mol. The number of nitrogens with two attached hydrogens (primary N) is 1. The molecule has 0 atom stereocenters. The summed E-state index contributed by atoms with van der Waals surface area (Å²) in [5.41, 5.74) is 6.61. The molecule has 6 heteroatoms. The van der Waals surface area contributed by atoms with Gasteiger partial charge in [-0.25, -0.2) is 8.78 Å². The molecule has 16 heavy (non-hydrogen) atoms. The van der Waals surface area contributed by atoms with Crippen molar-refractivity contribution in [3.05, 3.63) is 18.3 Å². The van der Waals surface area contributed by atoms with Crippen molar-refractivity contribution in [2.75, 3.05) is 12.8 Å². The Morgan fingerprint density at radius 2 is 2.25 bits per heavy atom. The summed E-state index contributed by atoms with van der Waals surface area (Å²) in [4.78, 5) is 0. The zero-order chi connectivity index (χ0) is 11.7. The van der Waals surface area contributed by atoms with Crippen LogP contribution in [-0.4, -0.2) is 23.3 Å². The van der Waals surface area contributed by atoms with E-state index in [-0.39, 0.29) is 0 Å². The monoisotopic (exact) mass is 227 g/mol. The van der Waals surface area contributed by atoms with Crippen LogP contribution in [0.4, 0.5) is 14.5 Å². The topological polar surface area (TPSA) is 53.1 Å². The smallest absolute Gasteiger partial charge is 0.257 e. The second-order valence-electron chi connectivity index (χ2n) is 3.34. The number of hydrogen-bond donors (Lipinski definition) is 1. The van der Waals surface area contributed by atoms with Gasteiger partial charge in [0.2, 0.25) is 0 Å². The number of alkyl halides is 2. The summed E-state index contributed by atoms with van der Waals surface area (Å²) < 4.78 is 31.0. The third-order valence-corrected chi connectivity index (χ3v) is 2.30. The Labute approximate surface area is 90.6 Å². The first kappa shape index (κ1) is 10.7. The van der Waals surface area contributed by atoms with Gasteiger partial charge >= 0.3 is 0 Å². The SMILES string of the molecule is COc1c(N)ccc2cnn(CC(F)F)c12. The van der Waals surface area contributed by atoms with Crippen molar-refractivity contribution < 1.29 is 13.5 Å². The zero-order valence-corrected chi connectivity index (χ0v) is 8.65. The molecule has 4 nitrogen and oxygen atoms in total. The molecule has 0 aliphatic heterocycles. The zero-order valence-electron chi connectivity index (χ0n) is 8.65. The number of fused-ring (bicyclic) bond motifs is 1. The van der Waals surface area contributed by atoms with E-state index >= 15 is 0 Å². The van der Waals surface area contributed by atoms with Crippen LogP contribution in [0.15, 0.2) is 18.3 Å². The molecule has 2 aromatic rings. The number of anilines is 1. The highest BCUT2D eigenvalue weighted by molar-refractivity contribution is 5.89. The highest BCUT2D eigenvalue weighted by atomic mass is 19.3. The number of nitrogens with zero attached hydrogens (tertiary/aromatic N) is 2. The molecule has 0 radical (unpaired) electrons. The largest absolute Gasteiger partial charge is 0.492 e. The van der Waals surface area contributed by atoms with E-state index in [4.69, 9.17) is 10.5 Å². The maximum atomic E-state index is 12.3. The van der Waals surface area contributed by atoms with Crippen LogP contribution in [0.2, 0.25) is 0 Å². The fourth-order valence-corrected chi connectivity index (χ4v) is 1.65. The molecular formula is C10H11F2N3O. The lowest BCUT2D eigenvalue weighted by molar-refractivity contribution is 0.123. The molecule has 0 unspecified atom stereocenters. The Morgan fingerprint density at radius 1 is 1.50 bits per heavy atom. The molecule has 2 rings (SSSR count). The maximum absolute atomic E-state index is 12.3. The summed E-state index contributed by atoms with van der Waals surface area (Å²) >= 11 is 0. The van der Waals surface area contributed by atoms with Gasteiger partial charge in [0, 0.05) is 5.39 Å². The van der Waals surface area contributed by atoms with Crippen LogP contribution in [0, 0.1) is 0 Å². The predicted octanol–water partition coefficient (Wildman–Crippen LogP) is 1.89. The number of ether oxygens (including phenoxy) is 1. The molecule has 0 amide bonds. The lowest BCUT2D eigenvalue weighted by atomic mass is 10.2. The van der Waals surface area contributed by atoms with E-state index < -0.39 is 13.0 Å². The Kier molecular flexibility index (Phi) is 2.64. The number of hydrogen-bond acceptors (Lipinski definition) is 3. The van der Waals surface area contributed by atoms with Crippen molar-refractivity contribution >= 4 is 16.6 Å². The van der Waals surface area contributed by atoms with E-state index in [0.29, 0.717) is 17.0 Å². The third-order valence-electron chi connectivity index (χ3n) is 2.30. The number of methoxy groups -OCH3 is 1. The van der Waals surface area contributed by atoms with Crippen LogP contribution >= 0.6 is 0 Å². The van der Waals surface area contributed by atoms with Gasteiger partial charge in [-0.3, -0.25) is 4.68 Å². The van der Waals surface area contributed by atoms with Crippen LogP contribution < -0.4 is 10.5 Å². The van der Waals surface area contributed by atoms with Gasteiger partial charge in [-0.2, -0.15) is 5.10 Å². The normalized spacial score (nSPS) is 11.2. The molecule has 0 aliphatic rings. The Balaban J connectivity index is 2.63. The molecule has 1 aromatic heterocycles. The summed E-state index contributed by atoms with van der Waals surface area (Å²) in [6, 6.07) is 3.39. The summed E-state index contributed by atoms with van der Waals surface area (Å²) in [5, 5.41) is 4.61.